The highest BCUT2D eigenvalue weighted by molar-refractivity contribution is 5.78. The van der Waals surface area contributed by atoms with Crippen LogP contribution in [-0.2, 0) is 9.59 Å². The first-order chi connectivity index (χ1) is 7.37. The number of aliphatic carboxylic acids is 1. The minimum absolute atomic E-state index is 0.0679. The maximum Gasteiger partial charge on any atom is 0.305 e. The Morgan fingerprint density at radius 1 is 1.25 bits per heavy atom. The second-order valence-electron chi connectivity index (χ2n) is 4.60. The Bertz CT molecular complexity index is 239. The zero-order valence-corrected chi connectivity index (χ0v) is 10.1. The molecule has 0 saturated heterocycles. The molecule has 0 rings (SSSR count). The molecule has 0 aliphatic heterocycles. The number of hydrogen-bond acceptors (Lipinski definition) is 3. The molecule has 5 nitrogen and oxygen atoms in total. The third kappa shape index (κ3) is 8.23. The number of nitrogens with two attached hydrogens (primary N) is 1. The molecule has 94 valence electrons. The van der Waals surface area contributed by atoms with Crippen LogP contribution in [-0.4, -0.2) is 29.1 Å². The van der Waals surface area contributed by atoms with Gasteiger partial charge in [-0.05, 0) is 33.2 Å². The van der Waals surface area contributed by atoms with Crippen molar-refractivity contribution in [1.29, 1.82) is 0 Å². The van der Waals surface area contributed by atoms with Gasteiger partial charge in [0, 0.05) is 12.0 Å². The van der Waals surface area contributed by atoms with Crippen LogP contribution in [0, 0.1) is 0 Å². The molecule has 0 aromatic heterocycles. The molecule has 0 aliphatic carbocycles. The lowest BCUT2D eigenvalue weighted by molar-refractivity contribution is -0.138. The number of nitrogens with one attached hydrogen (secondary N) is 1. The van der Waals surface area contributed by atoms with Gasteiger partial charge in [0.1, 0.15) is 0 Å². The third-order valence-corrected chi connectivity index (χ3v) is 2.18. The Labute approximate surface area is 96.4 Å². The number of amides is 1. The van der Waals surface area contributed by atoms with Gasteiger partial charge in [-0.25, -0.2) is 0 Å². The van der Waals surface area contributed by atoms with Gasteiger partial charge in [-0.3, -0.25) is 9.59 Å². The predicted molar refractivity (Wildman–Crippen MR) is 62.0 cm³/mol. The molecule has 1 amide bonds. The van der Waals surface area contributed by atoms with E-state index in [-0.39, 0.29) is 12.3 Å². The van der Waals surface area contributed by atoms with E-state index in [9.17, 15) is 9.59 Å². The van der Waals surface area contributed by atoms with Crippen LogP contribution in [0.15, 0.2) is 0 Å². The van der Waals surface area contributed by atoms with E-state index >= 15 is 0 Å². The van der Waals surface area contributed by atoms with Crippen LogP contribution in [0.1, 0.15) is 46.0 Å². The predicted octanol–water partition coefficient (Wildman–Crippen LogP) is 0.875. The SMILES string of the molecule is CC(C)(CC(=O)O)NC(=O)CCCCCN. The monoisotopic (exact) mass is 230 g/mol. The van der Waals surface area contributed by atoms with Crippen molar-refractivity contribution < 1.29 is 14.7 Å². The maximum atomic E-state index is 11.5. The molecule has 0 fully saturated rings. The van der Waals surface area contributed by atoms with Crippen LogP contribution < -0.4 is 11.1 Å². The van der Waals surface area contributed by atoms with Gasteiger partial charge in [-0.2, -0.15) is 0 Å². The third-order valence-electron chi connectivity index (χ3n) is 2.18. The molecule has 0 aromatic carbocycles. The number of carboxylic acids is 1. The average molecular weight is 230 g/mol. The Balaban J connectivity index is 3.80. The van der Waals surface area contributed by atoms with E-state index in [1.807, 2.05) is 0 Å². The van der Waals surface area contributed by atoms with Gasteiger partial charge >= 0.3 is 5.97 Å². The van der Waals surface area contributed by atoms with E-state index in [2.05, 4.69) is 5.32 Å². The van der Waals surface area contributed by atoms with Gasteiger partial charge in [-0.15, -0.1) is 0 Å². The van der Waals surface area contributed by atoms with Gasteiger partial charge in [0.2, 0.25) is 5.91 Å². The lowest BCUT2D eigenvalue weighted by Gasteiger charge is -2.24. The Hall–Kier alpha value is -1.10. The molecule has 0 bridgehead atoms. The molecular weight excluding hydrogens is 208 g/mol. The molecule has 0 aromatic rings. The number of rotatable bonds is 8. The summed E-state index contributed by atoms with van der Waals surface area (Å²) in [5.41, 5.74) is 4.65. The average Bonchev–Trinajstić information content (AvgIpc) is 2.09. The van der Waals surface area contributed by atoms with Crippen molar-refractivity contribution in [3.8, 4) is 0 Å². The molecule has 5 heteroatoms. The van der Waals surface area contributed by atoms with E-state index in [4.69, 9.17) is 10.8 Å². The molecule has 0 spiro atoms. The highest BCUT2D eigenvalue weighted by Gasteiger charge is 2.23. The van der Waals surface area contributed by atoms with Gasteiger partial charge < -0.3 is 16.2 Å². The first-order valence-electron chi connectivity index (χ1n) is 5.60. The molecule has 0 aliphatic rings. The van der Waals surface area contributed by atoms with E-state index in [1.54, 1.807) is 13.8 Å². The van der Waals surface area contributed by atoms with Crippen molar-refractivity contribution in [2.45, 2.75) is 51.5 Å². The van der Waals surface area contributed by atoms with Crippen molar-refractivity contribution in [2.75, 3.05) is 6.54 Å². The van der Waals surface area contributed by atoms with Crippen LogP contribution in [0.3, 0.4) is 0 Å². The molecule has 0 atom stereocenters. The standard InChI is InChI=1S/C11H22N2O3/c1-11(2,8-10(15)16)13-9(14)6-4-3-5-7-12/h3-8,12H2,1-2H3,(H,13,14)(H,15,16). The number of carbonyl (C=O) groups is 2. The fourth-order valence-corrected chi connectivity index (χ4v) is 1.47. The summed E-state index contributed by atoms with van der Waals surface area (Å²) >= 11 is 0. The fraction of sp³-hybridized carbons (Fsp3) is 0.818. The summed E-state index contributed by atoms with van der Waals surface area (Å²) in [5, 5.41) is 11.4. The quantitative estimate of drug-likeness (QED) is 0.539. The van der Waals surface area contributed by atoms with Crippen LogP contribution in [0.4, 0.5) is 0 Å². The molecule has 0 unspecified atom stereocenters. The number of unbranched alkanes of at least 4 members (excludes halogenated alkanes) is 2. The van der Waals surface area contributed by atoms with Crippen LogP contribution in [0.5, 0.6) is 0 Å². The highest BCUT2D eigenvalue weighted by atomic mass is 16.4. The van der Waals surface area contributed by atoms with Crippen molar-refractivity contribution in [3.63, 3.8) is 0 Å². The van der Waals surface area contributed by atoms with E-state index in [0.717, 1.165) is 19.3 Å². The number of carbonyl (C=O) groups excluding carboxylic acids is 1. The summed E-state index contributed by atoms with van der Waals surface area (Å²) in [6, 6.07) is 0. The normalized spacial score (nSPS) is 11.2. The first kappa shape index (κ1) is 14.9. The molecule has 4 N–H and O–H groups in total. The lowest BCUT2D eigenvalue weighted by atomic mass is 10.0. The van der Waals surface area contributed by atoms with Crippen LogP contribution >= 0.6 is 0 Å². The Morgan fingerprint density at radius 3 is 2.38 bits per heavy atom. The topological polar surface area (TPSA) is 92.4 Å². The van der Waals surface area contributed by atoms with Crippen LogP contribution in [0.25, 0.3) is 0 Å². The van der Waals surface area contributed by atoms with Crippen molar-refractivity contribution in [2.24, 2.45) is 5.73 Å². The molecule has 0 radical (unpaired) electrons. The summed E-state index contributed by atoms with van der Waals surface area (Å²) < 4.78 is 0. The molecule has 16 heavy (non-hydrogen) atoms. The van der Waals surface area contributed by atoms with Gasteiger partial charge in [-0.1, -0.05) is 6.42 Å². The van der Waals surface area contributed by atoms with Crippen molar-refractivity contribution in [1.82, 2.24) is 5.32 Å². The maximum absolute atomic E-state index is 11.5. The van der Waals surface area contributed by atoms with Crippen LogP contribution in [0.2, 0.25) is 0 Å². The van der Waals surface area contributed by atoms with Gasteiger partial charge in [0.05, 0.1) is 6.42 Å². The Morgan fingerprint density at radius 2 is 1.88 bits per heavy atom. The number of hydrogen-bond donors (Lipinski definition) is 3. The zero-order valence-electron chi connectivity index (χ0n) is 10.1. The minimum atomic E-state index is -0.909. The summed E-state index contributed by atoms with van der Waals surface area (Å²) in [6.07, 6.45) is 3.02. The van der Waals surface area contributed by atoms with E-state index in [0.29, 0.717) is 13.0 Å². The highest BCUT2D eigenvalue weighted by Crippen LogP contribution is 2.09. The smallest absolute Gasteiger partial charge is 0.305 e. The fourth-order valence-electron chi connectivity index (χ4n) is 1.47. The van der Waals surface area contributed by atoms with Gasteiger partial charge in [0.25, 0.3) is 0 Å². The van der Waals surface area contributed by atoms with Crippen molar-refractivity contribution in [3.05, 3.63) is 0 Å². The van der Waals surface area contributed by atoms with E-state index in [1.165, 1.54) is 0 Å². The second-order valence-corrected chi connectivity index (χ2v) is 4.60. The van der Waals surface area contributed by atoms with Gasteiger partial charge in [0.15, 0.2) is 0 Å². The van der Waals surface area contributed by atoms with E-state index < -0.39 is 11.5 Å². The zero-order chi connectivity index (χ0) is 12.6. The summed E-state index contributed by atoms with van der Waals surface area (Å²) in [4.78, 5) is 22.0. The Kier molecular flexibility index (Phi) is 6.72. The molecule has 0 heterocycles. The van der Waals surface area contributed by atoms with Crippen molar-refractivity contribution >= 4 is 11.9 Å². The minimum Gasteiger partial charge on any atom is -0.481 e. The first-order valence-corrected chi connectivity index (χ1v) is 5.60. The largest absolute Gasteiger partial charge is 0.481 e. The second kappa shape index (κ2) is 7.22. The lowest BCUT2D eigenvalue weighted by Crippen LogP contribution is -2.44. The number of carboxylic acid groups (broad SMARTS) is 1. The summed E-state index contributed by atoms with van der Waals surface area (Å²) in [6.45, 7) is 4.06. The molecular formula is C11H22N2O3. The summed E-state index contributed by atoms with van der Waals surface area (Å²) in [5.74, 6) is -1.00. The molecule has 0 saturated carbocycles. The summed E-state index contributed by atoms with van der Waals surface area (Å²) in [7, 11) is 0.